The van der Waals surface area contributed by atoms with E-state index < -0.39 is 0 Å². The molecule has 1 aliphatic rings. The van der Waals surface area contributed by atoms with Gasteiger partial charge in [0.2, 0.25) is 0 Å². The molecule has 2 heterocycles. The van der Waals surface area contributed by atoms with E-state index in [1.54, 1.807) is 19.2 Å². The topological polar surface area (TPSA) is 53.4 Å². The van der Waals surface area contributed by atoms with Gasteiger partial charge in [0.1, 0.15) is 5.82 Å². The van der Waals surface area contributed by atoms with Crippen LogP contribution in [-0.2, 0) is 0 Å². The molecular weight excluding hydrogens is 228 g/mol. The van der Waals surface area contributed by atoms with E-state index in [2.05, 4.69) is 9.88 Å². The van der Waals surface area contributed by atoms with E-state index in [0.717, 1.165) is 31.6 Å². The van der Waals surface area contributed by atoms with Crippen LogP contribution in [0.1, 0.15) is 43.0 Å². The Morgan fingerprint density at radius 1 is 1.50 bits per heavy atom. The van der Waals surface area contributed by atoms with Crippen LogP contribution in [0.2, 0.25) is 0 Å². The number of carbonyl (C=O) groups excluding carboxylic acids is 1. The summed E-state index contributed by atoms with van der Waals surface area (Å²) in [5.41, 5.74) is 0.681. The smallest absolute Gasteiger partial charge is 0.159 e. The summed E-state index contributed by atoms with van der Waals surface area (Å²) in [5, 5.41) is 9.49. The number of aliphatic hydroxyl groups excluding tert-OH is 1. The fourth-order valence-corrected chi connectivity index (χ4v) is 2.46. The zero-order valence-corrected chi connectivity index (χ0v) is 10.8. The van der Waals surface area contributed by atoms with Gasteiger partial charge in [-0.3, -0.25) is 4.79 Å². The number of Topliss-reactive ketones (excluding diaryl/α,β-unsaturated/α-hetero) is 1. The zero-order chi connectivity index (χ0) is 13.0. The van der Waals surface area contributed by atoms with Crippen molar-refractivity contribution in [2.45, 2.75) is 38.6 Å². The maximum Gasteiger partial charge on any atom is 0.159 e. The molecule has 1 aromatic rings. The van der Waals surface area contributed by atoms with Gasteiger partial charge in [-0.25, -0.2) is 4.98 Å². The highest BCUT2D eigenvalue weighted by atomic mass is 16.3. The molecule has 1 N–H and O–H groups in total. The van der Waals surface area contributed by atoms with Gasteiger partial charge in [-0.05, 0) is 31.9 Å². The maximum absolute atomic E-state index is 11.4. The summed E-state index contributed by atoms with van der Waals surface area (Å²) in [5.74, 6) is 0.859. The molecule has 0 spiro atoms. The molecule has 1 fully saturated rings. The Morgan fingerprint density at radius 3 is 3.06 bits per heavy atom. The van der Waals surface area contributed by atoms with Crippen LogP contribution in [0.15, 0.2) is 18.3 Å². The van der Waals surface area contributed by atoms with E-state index in [1.807, 2.05) is 6.07 Å². The van der Waals surface area contributed by atoms with Gasteiger partial charge in [-0.2, -0.15) is 0 Å². The average molecular weight is 248 g/mol. The summed E-state index contributed by atoms with van der Waals surface area (Å²) in [4.78, 5) is 17.9. The number of anilines is 1. The van der Waals surface area contributed by atoms with Crippen LogP contribution in [0.4, 0.5) is 5.82 Å². The standard InChI is InChI=1S/C14H20N2O2/c1-11(18)12-6-7-15-14(9-12)16-8-4-2-3-5-13(16)10-17/h6-7,9,13,17H,2-5,8,10H2,1H3. The molecule has 1 atom stereocenters. The summed E-state index contributed by atoms with van der Waals surface area (Å²) < 4.78 is 0. The lowest BCUT2D eigenvalue weighted by Crippen LogP contribution is -2.38. The highest BCUT2D eigenvalue weighted by Gasteiger charge is 2.21. The minimum absolute atomic E-state index is 0.0500. The largest absolute Gasteiger partial charge is 0.394 e. The van der Waals surface area contributed by atoms with Crippen molar-refractivity contribution < 1.29 is 9.90 Å². The third-order valence-corrected chi connectivity index (χ3v) is 3.53. The number of aliphatic hydroxyl groups is 1. The third kappa shape index (κ3) is 2.88. The van der Waals surface area contributed by atoms with E-state index in [0.29, 0.717) is 5.56 Å². The molecule has 4 nitrogen and oxygen atoms in total. The highest BCUT2D eigenvalue weighted by Crippen LogP contribution is 2.23. The summed E-state index contributed by atoms with van der Waals surface area (Å²) in [6.45, 7) is 2.61. The van der Waals surface area contributed by atoms with Crippen molar-refractivity contribution in [3.05, 3.63) is 23.9 Å². The molecule has 98 valence electrons. The highest BCUT2D eigenvalue weighted by molar-refractivity contribution is 5.94. The Balaban J connectivity index is 2.26. The molecule has 0 radical (unpaired) electrons. The Morgan fingerprint density at radius 2 is 2.33 bits per heavy atom. The monoisotopic (exact) mass is 248 g/mol. The fourth-order valence-electron chi connectivity index (χ4n) is 2.46. The van der Waals surface area contributed by atoms with Gasteiger partial charge >= 0.3 is 0 Å². The number of aromatic nitrogens is 1. The number of ketones is 1. The lowest BCUT2D eigenvalue weighted by molar-refractivity contribution is 0.101. The number of pyridine rings is 1. The summed E-state index contributed by atoms with van der Waals surface area (Å²) >= 11 is 0. The number of hydrogen-bond donors (Lipinski definition) is 1. The molecule has 1 unspecified atom stereocenters. The molecule has 0 aliphatic carbocycles. The second kappa shape index (κ2) is 5.96. The molecule has 0 aromatic carbocycles. The molecule has 0 bridgehead atoms. The van der Waals surface area contributed by atoms with Gasteiger partial charge in [0.15, 0.2) is 5.78 Å². The van der Waals surface area contributed by atoms with Crippen molar-refractivity contribution in [3.63, 3.8) is 0 Å². The van der Waals surface area contributed by atoms with E-state index in [-0.39, 0.29) is 18.4 Å². The number of rotatable bonds is 3. The van der Waals surface area contributed by atoms with Gasteiger partial charge in [0.25, 0.3) is 0 Å². The van der Waals surface area contributed by atoms with Crippen LogP contribution in [-0.4, -0.2) is 35.1 Å². The molecular formula is C14H20N2O2. The van der Waals surface area contributed by atoms with Gasteiger partial charge < -0.3 is 10.0 Å². The molecule has 0 amide bonds. The molecule has 1 aromatic heterocycles. The minimum atomic E-state index is 0.0500. The van der Waals surface area contributed by atoms with Crippen LogP contribution >= 0.6 is 0 Å². The van der Waals surface area contributed by atoms with Crippen LogP contribution < -0.4 is 4.90 Å². The van der Waals surface area contributed by atoms with Gasteiger partial charge in [0, 0.05) is 18.3 Å². The summed E-state index contributed by atoms with van der Waals surface area (Å²) in [6, 6.07) is 3.69. The van der Waals surface area contributed by atoms with Crippen molar-refractivity contribution in [1.82, 2.24) is 4.98 Å². The van der Waals surface area contributed by atoms with Gasteiger partial charge in [0.05, 0.1) is 12.6 Å². The van der Waals surface area contributed by atoms with Crippen LogP contribution in [0.25, 0.3) is 0 Å². The molecule has 1 saturated heterocycles. The SMILES string of the molecule is CC(=O)c1ccnc(N2CCCCCC2CO)c1. The maximum atomic E-state index is 11.4. The minimum Gasteiger partial charge on any atom is -0.394 e. The first-order chi connectivity index (χ1) is 8.72. The first kappa shape index (κ1) is 13.0. The predicted molar refractivity (Wildman–Crippen MR) is 70.9 cm³/mol. The van der Waals surface area contributed by atoms with Gasteiger partial charge in [-0.1, -0.05) is 12.8 Å². The Hall–Kier alpha value is -1.42. The van der Waals surface area contributed by atoms with Crippen LogP contribution in [0, 0.1) is 0 Å². The third-order valence-electron chi connectivity index (χ3n) is 3.53. The number of carbonyl (C=O) groups is 1. The molecule has 0 saturated carbocycles. The first-order valence-corrected chi connectivity index (χ1v) is 6.57. The molecule has 18 heavy (non-hydrogen) atoms. The van der Waals surface area contributed by atoms with Crippen molar-refractivity contribution in [2.24, 2.45) is 0 Å². The van der Waals surface area contributed by atoms with E-state index >= 15 is 0 Å². The normalized spacial score (nSPS) is 20.6. The zero-order valence-electron chi connectivity index (χ0n) is 10.8. The van der Waals surface area contributed by atoms with E-state index in [4.69, 9.17) is 0 Å². The summed E-state index contributed by atoms with van der Waals surface area (Å²) in [6.07, 6.45) is 6.11. The quantitative estimate of drug-likeness (QED) is 0.832. The van der Waals surface area contributed by atoms with Crippen molar-refractivity contribution in [1.29, 1.82) is 0 Å². The van der Waals surface area contributed by atoms with E-state index in [9.17, 15) is 9.90 Å². The lowest BCUT2D eigenvalue weighted by Gasteiger charge is -2.29. The van der Waals surface area contributed by atoms with Crippen molar-refractivity contribution >= 4 is 11.6 Å². The molecule has 1 aliphatic heterocycles. The van der Waals surface area contributed by atoms with Crippen molar-refractivity contribution in [2.75, 3.05) is 18.1 Å². The Kier molecular flexibility index (Phi) is 4.31. The Labute approximate surface area is 108 Å². The fraction of sp³-hybridized carbons (Fsp3) is 0.571. The molecule has 4 heteroatoms. The number of hydrogen-bond acceptors (Lipinski definition) is 4. The second-order valence-electron chi connectivity index (χ2n) is 4.84. The van der Waals surface area contributed by atoms with Crippen LogP contribution in [0.5, 0.6) is 0 Å². The molecule has 2 rings (SSSR count). The second-order valence-corrected chi connectivity index (χ2v) is 4.84. The average Bonchev–Trinajstić information content (AvgIpc) is 2.63. The number of nitrogens with zero attached hydrogens (tertiary/aromatic N) is 2. The van der Waals surface area contributed by atoms with E-state index in [1.165, 1.54) is 6.42 Å². The van der Waals surface area contributed by atoms with Crippen LogP contribution in [0.3, 0.4) is 0 Å². The van der Waals surface area contributed by atoms with Crippen molar-refractivity contribution in [3.8, 4) is 0 Å². The first-order valence-electron chi connectivity index (χ1n) is 6.57. The predicted octanol–water partition coefficient (Wildman–Crippen LogP) is 2.03. The van der Waals surface area contributed by atoms with Gasteiger partial charge in [-0.15, -0.1) is 0 Å². The summed E-state index contributed by atoms with van der Waals surface area (Å²) in [7, 11) is 0. The Bertz CT molecular complexity index is 420. The lowest BCUT2D eigenvalue weighted by atomic mass is 10.1.